The van der Waals surface area contributed by atoms with Crippen LogP contribution in [0.1, 0.15) is 162 Å². The standard InChI is InChI=1S/C38H69NO4/c1-3-5-7-9-11-13-15-16-17-18-19-20-22-24-26-28-30-32-37(42)36(34-40)39-38(43)33-35(41)31-29-27-25-23-21-14-12-10-8-6-4-2/h22-25,29-32,35-37,40-42H,3-21,26-28,33-34H2,1-2H3,(H,39,43)/b24-22+,25-23-,31-29-,32-30+. The number of carbonyl (C=O) groups is 1. The summed E-state index contributed by atoms with van der Waals surface area (Å²) in [4.78, 5) is 12.3. The van der Waals surface area contributed by atoms with Gasteiger partial charge in [0.1, 0.15) is 0 Å². The Kier molecular flexibility index (Phi) is 31.9. The number of amides is 1. The van der Waals surface area contributed by atoms with Crippen LogP contribution in [0.2, 0.25) is 0 Å². The Morgan fingerprint density at radius 3 is 1.58 bits per heavy atom. The van der Waals surface area contributed by atoms with Crippen LogP contribution in [-0.2, 0) is 4.79 Å². The quantitative estimate of drug-likeness (QED) is 0.0469. The van der Waals surface area contributed by atoms with Gasteiger partial charge in [0.25, 0.3) is 0 Å². The predicted octanol–water partition coefficient (Wildman–Crippen LogP) is 9.42. The first kappa shape index (κ1) is 41.3. The summed E-state index contributed by atoms with van der Waals surface area (Å²) in [5, 5.41) is 32.8. The molecule has 3 atom stereocenters. The van der Waals surface area contributed by atoms with Crippen molar-refractivity contribution in [2.75, 3.05) is 6.61 Å². The van der Waals surface area contributed by atoms with E-state index in [1.165, 1.54) is 109 Å². The van der Waals surface area contributed by atoms with Crippen LogP contribution in [0, 0.1) is 0 Å². The lowest BCUT2D eigenvalue weighted by Crippen LogP contribution is -2.45. The summed E-state index contributed by atoms with van der Waals surface area (Å²) in [5.74, 6) is -0.396. The molecule has 0 aliphatic rings. The second-order valence-electron chi connectivity index (χ2n) is 12.1. The van der Waals surface area contributed by atoms with Gasteiger partial charge in [-0.2, -0.15) is 0 Å². The Hall–Kier alpha value is -1.69. The van der Waals surface area contributed by atoms with E-state index in [-0.39, 0.29) is 13.0 Å². The fourth-order valence-electron chi connectivity index (χ4n) is 5.06. The van der Waals surface area contributed by atoms with E-state index >= 15 is 0 Å². The number of hydrogen-bond donors (Lipinski definition) is 4. The van der Waals surface area contributed by atoms with Crippen molar-refractivity contribution < 1.29 is 20.1 Å². The van der Waals surface area contributed by atoms with Gasteiger partial charge < -0.3 is 20.6 Å². The summed E-state index contributed by atoms with van der Waals surface area (Å²) in [6.07, 6.45) is 41.2. The monoisotopic (exact) mass is 604 g/mol. The molecule has 0 aliphatic heterocycles. The first-order valence-corrected chi connectivity index (χ1v) is 17.9. The molecule has 0 saturated carbocycles. The molecule has 4 N–H and O–H groups in total. The summed E-state index contributed by atoms with van der Waals surface area (Å²) in [7, 11) is 0. The second kappa shape index (κ2) is 33.2. The van der Waals surface area contributed by atoms with Gasteiger partial charge in [0.05, 0.1) is 31.3 Å². The maximum absolute atomic E-state index is 12.3. The average molecular weight is 604 g/mol. The Balaban J connectivity index is 3.90. The summed E-state index contributed by atoms with van der Waals surface area (Å²) < 4.78 is 0. The summed E-state index contributed by atoms with van der Waals surface area (Å²) in [6.45, 7) is 4.13. The maximum Gasteiger partial charge on any atom is 0.223 e. The van der Waals surface area contributed by atoms with Gasteiger partial charge in [-0.1, -0.05) is 159 Å². The molecule has 3 unspecified atom stereocenters. The largest absolute Gasteiger partial charge is 0.394 e. The average Bonchev–Trinajstić information content (AvgIpc) is 3.00. The number of nitrogens with one attached hydrogen (secondary N) is 1. The number of carbonyl (C=O) groups excluding carboxylic acids is 1. The third-order valence-electron chi connectivity index (χ3n) is 7.85. The van der Waals surface area contributed by atoms with Crippen molar-refractivity contribution in [2.24, 2.45) is 0 Å². The highest BCUT2D eigenvalue weighted by Gasteiger charge is 2.19. The fraction of sp³-hybridized carbons (Fsp3) is 0.763. The molecular formula is C38H69NO4. The molecule has 0 saturated heterocycles. The molecule has 5 heteroatoms. The van der Waals surface area contributed by atoms with E-state index in [2.05, 4.69) is 43.5 Å². The van der Waals surface area contributed by atoms with Crippen LogP contribution in [-0.4, -0.2) is 46.1 Å². The minimum absolute atomic E-state index is 0.102. The summed E-state index contributed by atoms with van der Waals surface area (Å²) in [6, 6.07) is -0.790. The predicted molar refractivity (Wildman–Crippen MR) is 185 cm³/mol. The van der Waals surface area contributed by atoms with E-state index in [1.807, 2.05) is 12.2 Å². The van der Waals surface area contributed by atoms with Crippen molar-refractivity contribution in [1.29, 1.82) is 0 Å². The zero-order chi connectivity index (χ0) is 31.6. The van der Waals surface area contributed by atoms with E-state index in [9.17, 15) is 20.1 Å². The molecular weight excluding hydrogens is 534 g/mol. The van der Waals surface area contributed by atoms with Gasteiger partial charge in [0, 0.05) is 0 Å². The van der Waals surface area contributed by atoms with Crippen LogP contribution in [0.25, 0.3) is 0 Å². The van der Waals surface area contributed by atoms with Gasteiger partial charge in [-0.05, 0) is 44.9 Å². The molecule has 43 heavy (non-hydrogen) atoms. The molecule has 0 aromatic heterocycles. The number of aliphatic hydroxyl groups excluding tert-OH is 3. The Labute approximate surface area is 266 Å². The van der Waals surface area contributed by atoms with Gasteiger partial charge in [-0.3, -0.25) is 4.79 Å². The topological polar surface area (TPSA) is 89.8 Å². The molecule has 0 radical (unpaired) electrons. The van der Waals surface area contributed by atoms with Crippen molar-refractivity contribution in [3.8, 4) is 0 Å². The van der Waals surface area contributed by atoms with Crippen LogP contribution < -0.4 is 5.32 Å². The number of aliphatic hydroxyl groups is 3. The Bertz CT molecular complexity index is 715. The lowest BCUT2D eigenvalue weighted by atomic mass is 10.1. The molecule has 0 aromatic rings. The zero-order valence-electron chi connectivity index (χ0n) is 28.1. The minimum Gasteiger partial charge on any atom is -0.394 e. The molecule has 0 rings (SSSR count). The molecule has 0 aromatic carbocycles. The Morgan fingerprint density at radius 1 is 0.581 bits per heavy atom. The second-order valence-corrected chi connectivity index (χ2v) is 12.1. The maximum atomic E-state index is 12.3. The van der Waals surface area contributed by atoms with Crippen LogP contribution in [0.5, 0.6) is 0 Å². The van der Waals surface area contributed by atoms with E-state index < -0.39 is 24.2 Å². The highest BCUT2D eigenvalue weighted by molar-refractivity contribution is 5.77. The van der Waals surface area contributed by atoms with Crippen LogP contribution in [0.15, 0.2) is 48.6 Å². The van der Waals surface area contributed by atoms with Gasteiger partial charge in [-0.25, -0.2) is 0 Å². The van der Waals surface area contributed by atoms with E-state index in [0.717, 1.165) is 32.1 Å². The van der Waals surface area contributed by atoms with Crippen molar-refractivity contribution in [1.82, 2.24) is 5.32 Å². The van der Waals surface area contributed by atoms with Crippen LogP contribution >= 0.6 is 0 Å². The van der Waals surface area contributed by atoms with Gasteiger partial charge in [0.2, 0.25) is 5.91 Å². The number of rotatable bonds is 31. The van der Waals surface area contributed by atoms with Crippen molar-refractivity contribution in [3.63, 3.8) is 0 Å². The lowest BCUT2D eigenvalue weighted by Gasteiger charge is -2.20. The molecule has 250 valence electrons. The highest BCUT2D eigenvalue weighted by atomic mass is 16.3. The molecule has 0 spiro atoms. The van der Waals surface area contributed by atoms with E-state index in [4.69, 9.17) is 0 Å². The zero-order valence-corrected chi connectivity index (χ0v) is 28.1. The van der Waals surface area contributed by atoms with E-state index in [1.54, 1.807) is 12.2 Å². The SMILES string of the molecule is CCCCCCCC/C=C\C/C=C\C(O)CC(=O)NC(CO)C(O)/C=C/CC/C=C/CCCCCCCCCCCCC. The van der Waals surface area contributed by atoms with E-state index in [0.29, 0.717) is 0 Å². The molecule has 0 heterocycles. The summed E-state index contributed by atoms with van der Waals surface area (Å²) in [5.41, 5.74) is 0. The third-order valence-corrected chi connectivity index (χ3v) is 7.85. The molecule has 0 fully saturated rings. The lowest BCUT2D eigenvalue weighted by molar-refractivity contribution is -0.124. The minimum atomic E-state index is -0.973. The molecule has 5 nitrogen and oxygen atoms in total. The van der Waals surface area contributed by atoms with Gasteiger partial charge >= 0.3 is 0 Å². The fourth-order valence-corrected chi connectivity index (χ4v) is 5.06. The Morgan fingerprint density at radius 2 is 1.05 bits per heavy atom. The third kappa shape index (κ3) is 30.1. The van der Waals surface area contributed by atoms with Crippen LogP contribution in [0.4, 0.5) is 0 Å². The number of unbranched alkanes of at least 4 members (excludes halogenated alkanes) is 18. The highest BCUT2D eigenvalue weighted by Crippen LogP contribution is 2.12. The van der Waals surface area contributed by atoms with Crippen molar-refractivity contribution in [2.45, 2.75) is 180 Å². The molecule has 0 aliphatic carbocycles. The van der Waals surface area contributed by atoms with Crippen LogP contribution in [0.3, 0.4) is 0 Å². The smallest absolute Gasteiger partial charge is 0.223 e. The van der Waals surface area contributed by atoms with Gasteiger partial charge in [-0.15, -0.1) is 0 Å². The first-order chi connectivity index (χ1) is 21.0. The molecule has 0 bridgehead atoms. The summed E-state index contributed by atoms with van der Waals surface area (Å²) >= 11 is 0. The number of allylic oxidation sites excluding steroid dienone is 6. The first-order valence-electron chi connectivity index (χ1n) is 17.9. The van der Waals surface area contributed by atoms with Crippen molar-refractivity contribution >= 4 is 5.91 Å². The number of hydrogen-bond acceptors (Lipinski definition) is 4. The molecule has 1 amide bonds. The van der Waals surface area contributed by atoms with Crippen molar-refractivity contribution in [3.05, 3.63) is 48.6 Å². The normalized spacial score (nSPS) is 14.4. The van der Waals surface area contributed by atoms with Gasteiger partial charge in [0.15, 0.2) is 0 Å².